The zero-order chi connectivity index (χ0) is 21.8. The smallest absolute Gasteiger partial charge is 0.253 e. The van der Waals surface area contributed by atoms with E-state index in [0.29, 0.717) is 16.9 Å². The van der Waals surface area contributed by atoms with E-state index in [0.717, 1.165) is 11.1 Å². The molecule has 2 unspecified atom stereocenters. The van der Waals surface area contributed by atoms with Crippen molar-refractivity contribution in [3.05, 3.63) is 95.6 Å². The highest BCUT2D eigenvalue weighted by molar-refractivity contribution is 6.08. The summed E-state index contributed by atoms with van der Waals surface area (Å²) in [6.45, 7) is 1.91. The third-order valence-electron chi connectivity index (χ3n) is 5.39. The van der Waals surface area contributed by atoms with Crippen molar-refractivity contribution in [3.63, 3.8) is 0 Å². The summed E-state index contributed by atoms with van der Waals surface area (Å²) in [4.78, 5) is 38.1. The second kappa shape index (κ2) is 8.83. The number of rotatable bonds is 5. The maximum Gasteiger partial charge on any atom is 0.253 e. The van der Waals surface area contributed by atoms with Gasteiger partial charge in [-0.2, -0.15) is 0 Å². The van der Waals surface area contributed by atoms with Gasteiger partial charge in [0.25, 0.3) is 5.91 Å². The molecule has 4 rings (SSSR count). The van der Waals surface area contributed by atoms with E-state index < -0.39 is 5.92 Å². The van der Waals surface area contributed by atoms with Crippen molar-refractivity contribution in [2.75, 3.05) is 10.6 Å². The summed E-state index contributed by atoms with van der Waals surface area (Å²) in [5, 5.41) is 8.62. The number of para-hydroxylation sites is 2. The number of nitrogens with one attached hydrogen (secondary N) is 3. The van der Waals surface area contributed by atoms with Crippen LogP contribution in [0.5, 0.6) is 0 Å². The van der Waals surface area contributed by atoms with E-state index in [1.807, 2.05) is 55.5 Å². The fourth-order valence-corrected chi connectivity index (χ4v) is 3.75. The third kappa shape index (κ3) is 4.48. The van der Waals surface area contributed by atoms with Gasteiger partial charge in [0.05, 0.1) is 23.2 Å². The van der Waals surface area contributed by atoms with Gasteiger partial charge in [0.2, 0.25) is 11.8 Å². The average molecular weight is 413 g/mol. The molecule has 0 saturated carbocycles. The van der Waals surface area contributed by atoms with Gasteiger partial charge in [0.15, 0.2) is 0 Å². The van der Waals surface area contributed by atoms with Crippen molar-refractivity contribution >= 4 is 29.1 Å². The Morgan fingerprint density at radius 3 is 2.42 bits per heavy atom. The Labute approximate surface area is 180 Å². The van der Waals surface area contributed by atoms with Gasteiger partial charge in [-0.3, -0.25) is 14.4 Å². The molecule has 0 radical (unpaired) electrons. The first-order valence-corrected chi connectivity index (χ1v) is 10.2. The molecule has 3 N–H and O–H groups in total. The van der Waals surface area contributed by atoms with Crippen LogP contribution < -0.4 is 16.0 Å². The Bertz CT molecular complexity index is 1130. The first kappa shape index (κ1) is 20.3. The van der Waals surface area contributed by atoms with E-state index in [-0.39, 0.29) is 30.2 Å². The Morgan fingerprint density at radius 1 is 0.935 bits per heavy atom. The van der Waals surface area contributed by atoms with Crippen LogP contribution in [-0.2, 0) is 9.59 Å². The van der Waals surface area contributed by atoms with Crippen LogP contribution in [0.1, 0.15) is 46.8 Å². The van der Waals surface area contributed by atoms with Gasteiger partial charge in [-0.15, -0.1) is 0 Å². The number of fused-ring (bicyclic) bond motifs is 1. The number of hydrogen-bond donors (Lipinski definition) is 3. The zero-order valence-corrected chi connectivity index (χ0v) is 17.1. The SMILES string of the molecule is CC(NC(=O)c1ccccc1NC(=O)C1CC(=O)Nc2ccccc21)c1ccccc1. The third-order valence-corrected chi connectivity index (χ3v) is 5.39. The lowest BCUT2D eigenvalue weighted by atomic mass is 9.89. The Morgan fingerprint density at radius 2 is 1.61 bits per heavy atom. The summed E-state index contributed by atoms with van der Waals surface area (Å²) in [5.41, 5.74) is 3.17. The van der Waals surface area contributed by atoms with Crippen LogP contribution in [0, 0.1) is 0 Å². The summed E-state index contributed by atoms with van der Waals surface area (Å²) < 4.78 is 0. The zero-order valence-electron chi connectivity index (χ0n) is 17.1. The second-order valence-electron chi connectivity index (χ2n) is 7.53. The lowest BCUT2D eigenvalue weighted by Gasteiger charge is -2.25. The summed E-state index contributed by atoms with van der Waals surface area (Å²) >= 11 is 0. The molecule has 31 heavy (non-hydrogen) atoms. The van der Waals surface area contributed by atoms with Crippen LogP contribution in [0.2, 0.25) is 0 Å². The molecule has 1 aliphatic heterocycles. The van der Waals surface area contributed by atoms with Gasteiger partial charge in [-0.05, 0) is 36.2 Å². The summed E-state index contributed by atoms with van der Waals surface area (Å²) in [6.07, 6.45) is 0.0578. The van der Waals surface area contributed by atoms with E-state index in [1.54, 1.807) is 30.3 Å². The molecule has 0 bridgehead atoms. The second-order valence-corrected chi connectivity index (χ2v) is 7.53. The van der Waals surface area contributed by atoms with Crippen molar-refractivity contribution in [1.82, 2.24) is 5.32 Å². The van der Waals surface area contributed by atoms with Gasteiger partial charge in [-0.25, -0.2) is 0 Å². The molecule has 0 spiro atoms. The van der Waals surface area contributed by atoms with Gasteiger partial charge >= 0.3 is 0 Å². The molecule has 0 aromatic heterocycles. The molecule has 6 heteroatoms. The van der Waals surface area contributed by atoms with Gasteiger partial charge < -0.3 is 16.0 Å². The average Bonchev–Trinajstić information content (AvgIpc) is 2.79. The molecule has 156 valence electrons. The van der Waals surface area contributed by atoms with E-state index in [1.165, 1.54) is 0 Å². The van der Waals surface area contributed by atoms with Crippen molar-refractivity contribution in [1.29, 1.82) is 0 Å². The van der Waals surface area contributed by atoms with Gasteiger partial charge in [0, 0.05) is 12.1 Å². The number of benzene rings is 3. The van der Waals surface area contributed by atoms with Crippen molar-refractivity contribution < 1.29 is 14.4 Å². The van der Waals surface area contributed by atoms with E-state index in [9.17, 15) is 14.4 Å². The van der Waals surface area contributed by atoms with Gasteiger partial charge in [-0.1, -0.05) is 60.7 Å². The van der Waals surface area contributed by atoms with E-state index >= 15 is 0 Å². The highest BCUT2D eigenvalue weighted by atomic mass is 16.2. The predicted molar refractivity (Wildman–Crippen MR) is 120 cm³/mol. The minimum atomic E-state index is -0.621. The summed E-state index contributed by atoms with van der Waals surface area (Å²) in [7, 11) is 0. The normalized spacial score (nSPS) is 15.9. The topological polar surface area (TPSA) is 87.3 Å². The standard InChI is InChI=1S/C25H23N3O3/c1-16(17-9-3-2-4-10-17)26-24(30)19-12-6-8-14-22(19)28-25(31)20-15-23(29)27-21-13-7-5-11-18(20)21/h2-14,16,20H,15H2,1H3,(H,26,30)(H,27,29)(H,28,31). The van der Waals surface area contributed by atoms with Crippen LogP contribution >= 0.6 is 0 Å². The minimum Gasteiger partial charge on any atom is -0.345 e. The lowest BCUT2D eigenvalue weighted by molar-refractivity contribution is -0.123. The fraction of sp³-hybridized carbons (Fsp3) is 0.160. The molecule has 3 amide bonds. The molecule has 1 aliphatic rings. The summed E-state index contributed by atoms with van der Waals surface area (Å²) in [5.74, 6) is -1.43. The van der Waals surface area contributed by atoms with Crippen LogP contribution in [0.4, 0.5) is 11.4 Å². The van der Waals surface area contributed by atoms with Crippen molar-refractivity contribution in [2.24, 2.45) is 0 Å². The quantitative estimate of drug-likeness (QED) is 0.585. The van der Waals surface area contributed by atoms with Crippen LogP contribution in [-0.4, -0.2) is 17.7 Å². The Hall–Kier alpha value is -3.93. The molecular formula is C25H23N3O3. The molecule has 2 atom stereocenters. The Balaban J connectivity index is 1.53. The number of carbonyl (C=O) groups is 3. The van der Waals surface area contributed by atoms with E-state index in [2.05, 4.69) is 16.0 Å². The first-order chi connectivity index (χ1) is 15.0. The molecule has 0 aliphatic carbocycles. The highest BCUT2D eigenvalue weighted by Gasteiger charge is 2.31. The fourth-order valence-electron chi connectivity index (χ4n) is 3.75. The molecule has 6 nitrogen and oxygen atoms in total. The van der Waals surface area contributed by atoms with Gasteiger partial charge in [0.1, 0.15) is 0 Å². The molecule has 0 saturated heterocycles. The Kier molecular flexibility index (Phi) is 5.80. The monoisotopic (exact) mass is 413 g/mol. The lowest BCUT2D eigenvalue weighted by Crippen LogP contribution is -2.32. The number of hydrogen-bond acceptors (Lipinski definition) is 3. The van der Waals surface area contributed by atoms with Crippen LogP contribution in [0.15, 0.2) is 78.9 Å². The molecule has 3 aromatic carbocycles. The maximum absolute atomic E-state index is 13.1. The van der Waals surface area contributed by atoms with Crippen molar-refractivity contribution in [2.45, 2.75) is 25.3 Å². The molecule has 1 heterocycles. The minimum absolute atomic E-state index is 0.0578. The van der Waals surface area contributed by atoms with E-state index in [4.69, 9.17) is 0 Å². The molecule has 3 aromatic rings. The molecule has 0 fully saturated rings. The summed E-state index contributed by atoms with van der Waals surface area (Å²) in [6, 6.07) is 23.6. The predicted octanol–water partition coefficient (Wildman–Crippen LogP) is 4.24. The number of anilines is 2. The molecular weight excluding hydrogens is 390 g/mol. The largest absolute Gasteiger partial charge is 0.345 e. The van der Waals surface area contributed by atoms with Crippen LogP contribution in [0.25, 0.3) is 0 Å². The number of amides is 3. The maximum atomic E-state index is 13.1. The highest BCUT2D eigenvalue weighted by Crippen LogP contribution is 2.33. The van der Waals surface area contributed by atoms with Crippen LogP contribution in [0.3, 0.4) is 0 Å². The number of carbonyl (C=O) groups excluding carboxylic acids is 3. The first-order valence-electron chi connectivity index (χ1n) is 10.2. The van der Waals surface area contributed by atoms with Crippen molar-refractivity contribution in [3.8, 4) is 0 Å².